The van der Waals surface area contributed by atoms with Crippen molar-refractivity contribution in [3.8, 4) is 0 Å². The lowest BCUT2D eigenvalue weighted by Gasteiger charge is -2.26. The minimum atomic E-state index is 0.0125. The van der Waals surface area contributed by atoms with Gasteiger partial charge in [-0.15, -0.1) is 0 Å². The summed E-state index contributed by atoms with van der Waals surface area (Å²) in [6.45, 7) is 2.49. The summed E-state index contributed by atoms with van der Waals surface area (Å²) in [5.41, 5.74) is 5.76. The maximum atomic E-state index is 11.2. The van der Waals surface area contributed by atoms with Gasteiger partial charge < -0.3 is 21.3 Å². The number of aromatic nitrogens is 3. The first-order chi connectivity index (χ1) is 9.70. The van der Waals surface area contributed by atoms with E-state index in [1.165, 1.54) is 6.42 Å². The second kappa shape index (κ2) is 5.48. The van der Waals surface area contributed by atoms with Crippen molar-refractivity contribution in [1.82, 2.24) is 20.3 Å². The molecule has 1 amide bonds. The topological polar surface area (TPSA) is 109 Å². The van der Waals surface area contributed by atoms with E-state index in [-0.39, 0.29) is 17.9 Å². The van der Waals surface area contributed by atoms with Crippen molar-refractivity contribution in [2.24, 2.45) is 0 Å². The summed E-state index contributed by atoms with van der Waals surface area (Å²) in [6.07, 6.45) is 3.98. The second-order valence-corrected chi connectivity index (χ2v) is 5.21. The van der Waals surface area contributed by atoms with E-state index in [1.54, 1.807) is 0 Å². The molecular formula is C12H19N7O. The highest BCUT2D eigenvalue weighted by Crippen LogP contribution is 2.18. The molecule has 0 aliphatic carbocycles. The van der Waals surface area contributed by atoms with Gasteiger partial charge in [-0.05, 0) is 19.3 Å². The first-order valence-corrected chi connectivity index (χ1v) is 7.00. The zero-order valence-electron chi connectivity index (χ0n) is 11.3. The Bertz CT molecular complexity index is 501. The molecule has 8 nitrogen and oxygen atoms in total. The van der Waals surface area contributed by atoms with Crippen molar-refractivity contribution < 1.29 is 4.79 Å². The Labute approximate surface area is 117 Å². The van der Waals surface area contributed by atoms with Crippen LogP contribution in [0.2, 0.25) is 0 Å². The van der Waals surface area contributed by atoms with Gasteiger partial charge in [-0.3, -0.25) is 4.79 Å². The smallest absolute Gasteiger partial charge is 0.231 e. The zero-order chi connectivity index (χ0) is 13.9. The standard InChI is InChI=1S/C12H19N7O/c13-10-16-11(15-8-6-9(20)14-7-8)18-12(17-10)19-4-2-1-3-5-19/h8H,1-7H2,(H,14,20)(H3,13,15,16,17,18). The molecule has 2 saturated heterocycles. The SMILES string of the molecule is Nc1nc(NC2CNC(=O)C2)nc(N2CCCCC2)n1. The maximum Gasteiger partial charge on any atom is 0.231 e. The lowest BCUT2D eigenvalue weighted by molar-refractivity contribution is -0.119. The number of piperidine rings is 1. The maximum absolute atomic E-state index is 11.2. The number of nitrogens with one attached hydrogen (secondary N) is 2. The summed E-state index contributed by atoms with van der Waals surface area (Å²) in [5, 5.41) is 5.91. The Morgan fingerprint density at radius 1 is 1.20 bits per heavy atom. The molecule has 8 heteroatoms. The first kappa shape index (κ1) is 12.9. The Kier molecular flexibility index (Phi) is 3.53. The molecule has 0 spiro atoms. The van der Waals surface area contributed by atoms with Crippen LogP contribution in [0.25, 0.3) is 0 Å². The van der Waals surface area contributed by atoms with Crippen LogP contribution < -0.4 is 21.3 Å². The number of hydrogen-bond donors (Lipinski definition) is 3. The summed E-state index contributed by atoms with van der Waals surface area (Å²) in [6, 6.07) is 0.0125. The van der Waals surface area contributed by atoms with Crippen molar-refractivity contribution in [2.45, 2.75) is 31.7 Å². The average Bonchev–Trinajstić information content (AvgIpc) is 2.84. The molecule has 0 bridgehead atoms. The minimum absolute atomic E-state index is 0.0125. The van der Waals surface area contributed by atoms with E-state index in [2.05, 4.69) is 30.5 Å². The van der Waals surface area contributed by atoms with Gasteiger partial charge in [-0.2, -0.15) is 15.0 Å². The molecule has 20 heavy (non-hydrogen) atoms. The van der Waals surface area contributed by atoms with Crippen LogP contribution in [0.3, 0.4) is 0 Å². The minimum Gasteiger partial charge on any atom is -0.368 e. The Morgan fingerprint density at radius 2 is 2.00 bits per heavy atom. The van der Waals surface area contributed by atoms with Gasteiger partial charge in [-0.25, -0.2) is 0 Å². The van der Waals surface area contributed by atoms with Crippen LogP contribution in [0, 0.1) is 0 Å². The summed E-state index contributed by atoms with van der Waals surface area (Å²) in [4.78, 5) is 26.0. The third-order valence-corrected chi connectivity index (χ3v) is 3.59. The average molecular weight is 277 g/mol. The molecule has 3 rings (SSSR count). The second-order valence-electron chi connectivity index (χ2n) is 5.21. The largest absolute Gasteiger partial charge is 0.368 e. The number of amides is 1. The number of rotatable bonds is 3. The number of nitrogens with zero attached hydrogens (tertiary/aromatic N) is 4. The predicted molar refractivity (Wildman–Crippen MR) is 75.3 cm³/mol. The quantitative estimate of drug-likeness (QED) is 0.698. The van der Waals surface area contributed by atoms with Crippen LogP contribution in [-0.2, 0) is 4.79 Å². The lowest BCUT2D eigenvalue weighted by atomic mass is 10.1. The zero-order valence-corrected chi connectivity index (χ0v) is 11.3. The number of carbonyl (C=O) groups is 1. The van der Waals surface area contributed by atoms with Crippen LogP contribution in [0.1, 0.15) is 25.7 Å². The highest BCUT2D eigenvalue weighted by molar-refractivity contribution is 5.79. The highest BCUT2D eigenvalue weighted by atomic mass is 16.1. The first-order valence-electron chi connectivity index (χ1n) is 7.00. The van der Waals surface area contributed by atoms with Crippen LogP contribution in [0.15, 0.2) is 0 Å². The molecule has 1 atom stereocenters. The molecule has 2 aliphatic heterocycles. The van der Waals surface area contributed by atoms with Crippen molar-refractivity contribution in [2.75, 3.05) is 35.6 Å². The van der Waals surface area contributed by atoms with Crippen molar-refractivity contribution in [3.63, 3.8) is 0 Å². The molecule has 1 aromatic rings. The Balaban J connectivity index is 1.74. The number of nitrogen functional groups attached to an aromatic ring is 1. The fourth-order valence-electron chi connectivity index (χ4n) is 2.57. The van der Waals surface area contributed by atoms with Crippen molar-refractivity contribution in [3.05, 3.63) is 0 Å². The van der Waals surface area contributed by atoms with E-state index < -0.39 is 0 Å². The summed E-state index contributed by atoms with van der Waals surface area (Å²) >= 11 is 0. The van der Waals surface area contributed by atoms with E-state index in [0.717, 1.165) is 25.9 Å². The monoisotopic (exact) mass is 277 g/mol. The molecule has 1 aromatic heterocycles. The molecule has 2 aliphatic rings. The van der Waals surface area contributed by atoms with Gasteiger partial charge in [0.2, 0.25) is 23.8 Å². The molecule has 0 aromatic carbocycles. The van der Waals surface area contributed by atoms with E-state index in [9.17, 15) is 4.79 Å². The third kappa shape index (κ3) is 2.89. The van der Waals surface area contributed by atoms with Crippen LogP contribution in [0.4, 0.5) is 17.8 Å². The van der Waals surface area contributed by atoms with Gasteiger partial charge in [0, 0.05) is 26.1 Å². The van der Waals surface area contributed by atoms with Crippen LogP contribution >= 0.6 is 0 Å². The number of carbonyl (C=O) groups excluding carboxylic acids is 1. The molecule has 3 heterocycles. The van der Waals surface area contributed by atoms with E-state index in [4.69, 9.17) is 5.73 Å². The fraction of sp³-hybridized carbons (Fsp3) is 0.667. The van der Waals surface area contributed by atoms with Gasteiger partial charge in [0.05, 0.1) is 6.04 Å². The van der Waals surface area contributed by atoms with Gasteiger partial charge in [0.25, 0.3) is 0 Å². The number of hydrogen-bond acceptors (Lipinski definition) is 7. The van der Waals surface area contributed by atoms with Crippen LogP contribution in [-0.4, -0.2) is 46.5 Å². The number of anilines is 3. The lowest BCUT2D eigenvalue weighted by Crippen LogP contribution is -2.32. The molecule has 0 radical (unpaired) electrons. The van der Waals surface area contributed by atoms with Gasteiger partial charge in [-0.1, -0.05) is 0 Å². The van der Waals surface area contributed by atoms with Gasteiger partial charge >= 0.3 is 0 Å². The summed E-state index contributed by atoms with van der Waals surface area (Å²) in [5.74, 6) is 1.32. The fourth-order valence-corrected chi connectivity index (χ4v) is 2.57. The Hall–Kier alpha value is -2.12. The van der Waals surface area contributed by atoms with Gasteiger partial charge in [0.15, 0.2) is 0 Å². The molecule has 1 unspecified atom stereocenters. The Morgan fingerprint density at radius 3 is 2.70 bits per heavy atom. The van der Waals surface area contributed by atoms with Crippen LogP contribution in [0.5, 0.6) is 0 Å². The molecular weight excluding hydrogens is 258 g/mol. The summed E-state index contributed by atoms with van der Waals surface area (Å²) in [7, 11) is 0. The van der Waals surface area contributed by atoms with E-state index in [0.29, 0.717) is 24.9 Å². The van der Waals surface area contributed by atoms with Crippen molar-refractivity contribution in [1.29, 1.82) is 0 Å². The van der Waals surface area contributed by atoms with E-state index >= 15 is 0 Å². The highest BCUT2D eigenvalue weighted by Gasteiger charge is 2.23. The molecule has 2 fully saturated rings. The van der Waals surface area contributed by atoms with E-state index in [1.807, 2.05) is 0 Å². The van der Waals surface area contributed by atoms with Gasteiger partial charge in [0.1, 0.15) is 0 Å². The normalized spacial score (nSPS) is 22.7. The summed E-state index contributed by atoms with van der Waals surface area (Å²) < 4.78 is 0. The van der Waals surface area contributed by atoms with Crippen molar-refractivity contribution >= 4 is 23.8 Å². The number of nitrogens with two attached hydrogens (primary N) is 1. The molecule has 0 saturated carbocycles. The third-order valence-electron chi connectivity index (χ3n) is 3.59. The molecule has 4 N–H and O–H groups in total. The predicted octanol–water partition coefficient (Wildman–Crippen LogP) is -0.255. The molecule has 108 valence electrons.